The molecule has 2 aromatic carbocycles. The van der Waals surface area contributed by atoms with Crippen molar-refractivity contribution in [3.05, 3.63) is 59.9 Å². The molecule has 0 spiro atoms. The van der Waals surface area contributed by atoms with E-state index in [1.165, 1.54) is 5.56 Å². The van der Waals surface area contributed by atoms with E-state index in [1.54, 1.807) is 14.2 Å². The molecule has 0 aliphatic rings. The average molecular weight is 351 g/mol. The average Bonchev–Trinajstić information content (AvgIpc) is 2.99. The van der Waals surface area contributed by atoms with Crippen molar-refractivity contribution >= 4 is 17.0 Å². The van der Waals surface area contributed by atoms with Crippen LogP contribution in [0.3, 0.4) is 0 Å². The van der Waals surface area contributed by atoms with Gasteiger partial charge in [-0.1, -0.05) is 24.3 Å². The van der Waals surface area contributed by atoms with Gasteiger partial charge in [-0.25, -0.2) is 4.98 Å². The number of rotatable bonds is 5. The second-order valence-corrected chi connectivity index (χ2v) is 6.18. The molecule has 26 heavy (non-hydrogen) atoms. The van der Waals surface area contributed by atoms with Crippen molar-refractivity contribution in [1.29, 1.82) is 0 Å². The Balaban J connectivity index is 1.65. The monoisotopic (exact) mass is 351 g/mol. The molecule has 0 bridgehead atoms. The van der Waals surface area contributed by atoms with Crippen LogP contribution in [0.2, 0.25) is 0 Å². The number of hydrogen-bond acceptors (Lipinski definition) is 3. The Kier molecular flexibility index (Phi) is 5.41. The number of nitrogens with one attached hydrogen (secondary N) is 1. The van der Waals surface area contributed by atoms with E-state index in [2.05, 4.69) is 38.0 Å². The van der Waals surface area contributed by atoms with Crippen LogP contribution in [0.5, 0.6) is 5.75 Å². The number of nitrogens with zero attached hydrogens (tertiary/aromatic N) is 4. The van der Waals surface area contributed by atoms with Gasteiger partial charge in [0.05, 0.1) is 24.7 Å². The second-order valence-electron chi connectivity index (χ2n) is 6.18. The standard InChI is InChI=1S/C20H25N5O/c1-21-20(24(2)14-15-9-11-16(26-4)12-10-15)22-13-19-23-17-7-5-6-8-18(17)25(19)3/h5-12H,13-14H2,1-4H3,(H,21,22). The number of aromatic nitrogens is 2. The molecule has 0 aliphatic carbocycles. The zero-order chi connectivity index (χ0) is 18.5. The quantitative estimate of drug-likeness (QED) is 0.567. The molecule has 0 saturated carbocycles. The van der Waals surface area contributed by atoms with E-state index >= 15 is 0 Å². The van der Waals surface area contributed by atoms with Gasteiger partial charge in [-0.3, -0.25) is 4.99 Å². The number of para-hydroxylation sites is 2. The number of guanidine groups is 1. The topological polar surface area (TPSA) is 54.7 Å². The SMILES string of the molecule is CN=C(NCc1nc2ccccc2n1C)N(C)Cc1ccc(OC)cc1. The summed E-state index contributed by atoms with van der Waals surface area (Å²) >= 11 is 0. The van der Waals surface area contributed by atoms with Crippen molar-refractivity contribution in [1.82, 2.24) is 19.8 Å². The van der Waals surface area contributed by atoms with Gasteiger partial charge >= 0.3 is 0 Å². The van der Waals surface area contributed by atoms with E-state index in [-0.39, 0.29) is 0 Å². The maximum atomic E-state index is 5.21. The van der Waals surface area contributed by atoms with Crippen LogP contribution in [-0.2, 0) is 20.1 Å². The van der Waals surface area contributed by atoms with Crippen LogP contribution < -0.4 is 10.1 Å². The van der Waals surface area contributed by atoms with Crippen LogP contribution in [0.25, 0.3) is 11.0 Å². The third-order valence-electron chi connectivity index (χ3n) is 4.44. The van der Waals surface area contributed by atoms with Gasteiger partial charge in [-0.05, 0) is 29.8 Å². The van der Waals surface area contributed by atoms with E-state index in [0.29, 0.717) is 6.54 Å². The molecule has 136 valence electrons. The van der Waals surface area contributed by atoms with Crippen LogP contribution in [0, 0.1) is 0 Å². The van der Waals surface area contributed by atoms with Gasteiger partial charge in [0.15, 0.2) is 5.96 Å². The van der Waals surface area contributed by atoms with Gasteiger partial charge in [0.25, 0.3) is 0 Å². The maximum Gasteiger partial charge on any atom is 0.194 e. The van der Waals surface area contributed by atoms with E-state index in [1.807, 2.05) is 44.4 Å². The minimum absolute atomic E-state index is 0.616. The Labute approximate surface area is 154 Å². The molecule has 0 radical (unpaired) electrons. The molecular formula is C20H25N5O. The minimum Gasteiger partial charge on any atom is -0.497 e. The first-order valence-corrected chi connectivity index (χ1v) is 8.57. The fourth-order valence-corrected chi connectivity index (χ4v) is 2.98. The van der Waals surface area contributed by atoms with Gasteiger partial charge < -0.3 is 19.5 Å². The Bertz CT molecular complexity index is 898. The maximum absolute atomic E-state index is 5.21. The van der Waals surface area contributed by atoms with Crippen LogP contribution in [0.15, 0.2) is 53.5 Å². The highest BCUT2D eigenvalue weighted by molar-refractivity contribution is 5.80. The Morgan fingerprint density at radius 1 is 1.19 bits per heavy atom. The molecule has 1 heterocycles. The van der Waals surface area contributed by atoms with Crippen molar-refractivity contribution in [2.75, 3.05) is 21.2 Å². The first-order chi connectivity index (χ1) is 12.6. The highest BCUT2D eigenvalue weighted by Gasteiger charge is 2.10. The molecule has 3 rings (SSSR count). The summed E-state index contributed by atoms with van der Waals surface area (Å²) in [5, 5.41) is 3.40. The zero-order valence-electron chi connectivity index (χ0n) is 15.7. The fourth-order valence-electron chi connectivity index (χ4n) is 2.98. The molecule has 6 heteroatoms. The number of methoxy groups -OCH3 is 1. The lowest BCUT2D eigenvalue weighted by molar-refractivity contribution is 0.414. The van der Waals surface area contributed by atoms with Crippen molar-refractivity contribution in [3.63, 3.8) is 0 Å². The highest BCUT2D eigenvalue weighted by atomic mass is 16.5. The number of aryl methyl sites for hydroxylation is 1. The molecule has 6 nitrogen and oxygen atoms in total. The summed E-state index contributed by atoms with van der Waals surface area (Å²) in [5.41, 5.74) is 3.33. The summed E-state index contributed by atoms with van der Waals surface area (Å²) in [6, 6.07) is 16.2. The summed E-state index contributed by atoms with van der Waals surface area (Å²) in [6.45, 7) is 1.37. The summed E-state index contributed by atoms with van der Waals surface area (Å²) in [4.78, 5) is 11.2. The van der Waals surface area contributed by atoms with Gasteiger partial charge in [0.2, 0.25) is 0 Å². The normalized spacial score (nSPS) is 11.6. The van der Waals surface area contributed by atoms with Gasteiger partial charge in [-0.15, -0.1) is 0 Å². The molecule has 0 aliphatic heterocycles. The third-order valence-corrected chi connectivity index (χ3v) is 4.44. The van der Waals surface area contributed by atoms with Gasteiger partial charge in [-0.2, -0.15) is 0 Å². The molecule has 1 aromatic heterocycles. The smallest absolute Gasteiger partial charge is 0.194 e. The van der Waals surface area contributed by atoms with Crippen LogP contribution in [0.4, 0.5) is 0 Å². The van der Waals surface area contributed by atoms with Crippen LogP contribution in [-0.4, -0.2) is 41.6 Å². The molecule has 1 N–H and O–H groups in total. The van der Waals surface area contributed by atoms with E-state index in [9.17, 15) is 0 Å². The first kappa shape index (κ1) is 17.8. The Morgan fingerprint density at radius 2 is 1.92 bits per heavy atom. The largest absolute Gasteiger partial charge is 0.497 e. The van der Waals surface area contributed by atoms with E-state index in [4.69, 9.17) is 9.72 Å². The lowest BCUT2D eigenvalue weighted by Crippen LogP contribution is -2.38. The molecule has 3 aromatic rings. The summed E-state index contributed by atoms with van der Waals surface area (Å²) in [5.74, 6) is 2.67. The van der Waals surface area contributed by atoms with Crippen molar-refractivity contribution < 1.29 is 4.74 Å². The van der Waals surface area contributed by atoms with Crippen LogP contribution >= 0.6 is 0 Å². The summed E-state index contributed by atoms with van der Waals surface area (Å²) in [7, 11) is 7.53. The number of ether oxygens (including phenoxy) is 1. The number of fused-ring (bicyclic) bond motifs is 1. The van der Waals surface area contributed by atoms with Gasteiger partial charge in [0, 0.05) is 27.7 Å². The first-order valence-electron chi connectivity index (χ1n) is 8.57. The van der Waals surface area contributed by atoms with Crippen molar-refractivity contribution in [3.8, 4) is 5.75 Å². The highest BCUT2D eigenvalue weighted by Crippen LogP contribution is 2.15. The number of hydrogen-bond donors (Lipinski definition) is 1. The molecule has 0 saturated heterocycles. The lowest BCUT2D eigenvalue weighted by Gasteiger charge is -2.22. The second kappa shape index (κ2) is 7.91. The molecule has 0 fully saturated rings. The van der Waals surface area contributed by atoms with E-state index in [0.717, 1.165) is 35.1 Å². The number of imidazole rings is 1. The number of benzene rings is 2. The lowest BCUT2D eigenvalue weighted by atomic mass is 10.2. The Morgan fingerprint density at radius 3 is 2.58 bits per heavy atom. The summed E-state index contributed by atoms with van der Waals surface area (Å²) < 4.78 is 7.32. The number of aliphatic imine (C=N–C) groups is 1. The summed E-state index contributed by atoms with van der Waals surface area (Å²) in [6.07, 6.45) is 0. The Hall–Kier alpha value is -3.02. The molecule has 0 unspecified atom stereocenters. The zero-order valence-corrected chi connectivity index (χ0v) is 15.7. The molecule has 0 atom stereocenters. The van der Waals surface area contributed by atoms with Crippen molar-refractivity contribution in [2.45, 2.75) is 13.1 Å². The van der Waals surface area contributed by atoms with E-state index < -0.39 is 0 Å². The van der Waals surface area contributed by atoms with Crippen LogP contribution in [0.1, 0.15) is 11.4 Å². The fraction of sp³-hybridized carbons (Fsp3) is 0.300. The predicted octanol–water partition coefficient (Wildman–Crippen LogP) is 2.79. The molecular weight excluding hydrogens is 326 g/mol. The molecule has 0 amide bonds. The van der Waals surface area contributed by atoms with Crippen molar-refractivity contribution in [2.24, 2.45) is 12.0 Å². The predicted molar refractivity (Wildman–Crippen MR) is 105 cm³/mol. The third kappa shape index (κ3) is 3.79. The minimum atomic E-state index is 0.616. The van der Waals surface area contributed by atoms with Gasteiger partial charge in [0.1, 0.15) is 11.6 Å².